The molecule has 0 heterocycles. The van der Waals surface area contributed by atoms with Crippen LogP contribution in [0.1, 0.15) is 18.1 Å². The molecule has 0 radical (unpaired) electrons. The minimum atomic E-state index is -1.09. The molecule has 0 saturated carbocycles. The molecule has 1 rings (SSSR count). The van der Waals surface area contributed by atoms with Gasteiger partial charge in [-0.25, -0.2) is 4.39 Å². The maximum absolute atomic E-state index is 13.4. The number of halogens is 2. The second kappa shape index (κ2) is 5.04. The standard InChI is InChI=1S/C10H13F2NO2/c1-15-8-3-2-6(7(14)4-5-13)9(11)10(8)12/h2-3,7,14H,4-5,13H2,1H3. The highest BCUT2D eigenvalue weighted by molar-refractivity contribution is 5.32. The average Bonchev–Trinajstić information content (AvgIpc) is 2.22. The lowest BCUT2D eigenvalue weighted by atomic mass is 10.1. The first kappa shape index (κ1) is 11.9. The van der Waals surface area contributed by atoms with Gasteiger partial charge in [0.2, 0.25) is 5.82 Å². The number of aliphatic hydroxyl groups excluding tert-OH is 1. The van der Waals surface area contributed by atoms with Gasteiger partial charge in [0.1, 0.15) is 0 Å². The second-order valence-electron chi connectivity index (χ2n) is 3.08. The smallest absolute Gasteiger partial charge is 0.200 e. The molecular formula is C10H13F2NO2. The Morgan fingerprint density at radius 2 is 2.07 bits per heavy atom. The van der Waals surface area contributed by atoms with E-state index in [1.54, 1.807) is 0 Å². The summed E-state index contributed by atoms with van der Waals surface area (Å²) in [7, 11) is 1.24. The molecule has 5 heteroatoms. The van der Waals surface area contributed by atoms with Gasteiger partial charge >= 0.3 is 0 Å². The van der Waals surface area contributed by atoms with Crippen molar-refractivity contribution in [3.63, 3.8) is 0 Å². The largest absolute Gasteiger partial charge is 0.494 e. The van der Waals surface area contributed by atoms with Gasteiger partial charge in [-0.2, -0.15) is 4.39 Å². The lowest BCUT2D eigenvalue weighted by Crippen LogP contribution is -2.09. The fourth-order valence-electron chi connectivity index (χ4n) is 1.28. The van der Waals surface area contributed by atoms with Gasteiger partial charge < -0.3 is 15.6 Å². The normalized spacial score (nSPS) is 12.6. The fraction of sp³-hybridized carbons (Fsp3) is 0.400. The van der Waals surface area contributed by atoms with E-state index >= 15 is 0 Å². The van der Waals surface area contributed by atoms with Crippen molar-refractivity contribution in [1.29, 1.82) is 0 Å². The number of hydrogen-bond donors (Lipinski definition) is 2. The molecule has 0 aliphatic rings. The number of hydrogen-bond acceptors (Lipinski definition) is 3. The predicted molar refractivity (Wildman–Crippen MR) is 51.5 cm³/mol. The molecule has 0 fully saturated rings. The van der Waals surface area contributed by atoms with Gasteiger partial charge in [-0.1, -0.05) is 0 Å². The number of aliphatic hydroxyl groups is 1. The zero-order valence-electron chi connectivity index (χ0n) is 8.34. The third-order valence-electron chi connectivity index (χ3n) is 2.10. The maximum Gasteiger partial charge on any atom is 0.200 e. The number of rotatable bonds is 4. The average molecular weight is 217 g/mol. The van der Waals surface area contributed by atoms with Crippen LogP contribution in [0.5, 0.6) is 5.75 Å². The summed E-state index contributed by atoms with van der Waals surface area (Å²) in [5.41, 5.74) is 5.11. The third-order valence-corrected chi connectivity index (χ3v) is 2.10. The van der Waals surface area contributed by atoms with E-state index in [0.29, 0.717) is 0 Å². The van der Waals surface area contributed by atoms with Crippen LogP contribution in [0.15, 0.2) is 12.1 Å². The molecule has 84 valence electrons. The first-order valence-electron chi connectivity index (χ1n) is 4.51. The van der Waals surface area contributed by atoms with E-state index in [9.17, 15) is 13.9 Å². The van der Waals surface area contributed by atoms with Crippen molar-refractivity contribution in [3.05, 3.63) is 29.3 Å². The number of nitrogens with two attached hydrogens (primary N) is 1. The van der Waals surface area contributed by atoms with Crippen LogP contribution in [-0.4, -0.2) is 18.8 Å². The van der Waals surface area contributed by atoms with E-state index in [1.165, 1.54) is 19.2 Å². The molecule has 1 atom stereocenters. The Morgan fingerprint density at radius 3 is 2.60 bits per heavy atom. The van der Waals surface area contributed by atoms with Crippen LogP contribution >= 0.6 is 0 Å². The molecule has 0 aliphatic heterocycles. The van der Waals surface area contributed by atoms with Crippen LogP contribution in [0.25, 0.3) is 0 Å². The number of benzene rings is 1. The topological polar surface area (TPSA) is 55.5 Å². The van der Waals surface area contributed by atoms with Crippen molar-refractivity contribution in [3.8, 4) is 5.75 Å². The lowest BCUT2D eigenvalue weighted by Gasteiger charge is -2.12. The predicted octanol–water partition coefficient (Wildman–Crippen LogP) is 1.36. The number of ether oxygens (including phenoxy) is 1. The molecule has 0 aromatic heterocycles. The van der Waals surface area contributed by atoms with Crippen molar-refractivity contribution < 1.29 is 18.6 Å². The van der Waals surface area contributed by atoms with E-state index in [-0.39, 0.29) is 24.3 Å². The Labute approximate surface area is 86.5 Å². The first-order chi connectivity index (χ1) is 7.11. The summed E-state index contributed by atoms with van der Waals surface area (Å²) in [6.07, 6.45) is -0.904. The van der Waals surface area contributed by atoms with Crippen LogP contribution in [-0.2, 0) is 0 Å². The minimum Gasteiger partial charge on any atom is -0.494 e. The van der Waals surface area contributed by atoms with Crippen LogP contribution in [0.2, 0.25) is 0 Å². The molecule has 1 aromatic carbocycles. The second-order valence-corrected chi connectivity index (χ2v) is 3.08. The summed E-state index contributed by atoms with van der Waals surface area (Å²) in [6, 6.07) is 2.56. The Morgan fingerprint density at radius 1 is 1.40 bits per heavy atom. The number of methoxy groups -OCH3 is 1. The Bertz CT molecular complexity index is 344. The summed E-state index contributed by atoms with van der Waals surface area (Å²) in [5, 5.41) is 9.46. The Hall–Kier alpha value is -1.20. The van der Waals surface area contributed by atoms with Crippen molar-refractivity contribution in [2.45, 2.75) is 12.5 Å². The Kier molecular flexibility index (Phi) is 3.99. The van der Waals surface area contributed by atoms with Crippen LogP contribution in [0.4, 0.5) is 8.78 Å². The van der Waals surface area contributed by atoms with E-state index in [1.807, 2.05) is 0 Å². The highest BCUT2D eigenvalue weighted by atomic mass is 19.2. The molecule has 0 amide bonds. The molecule has 3 N–H and O–H groups in total. The fourth-order valence-corrected chi connectivity index (χ4v) is 1.28. The van der Waals surface area contributed by atoms with Gasteiger partial charge in [0.05, 0.1) is 13.2 Å². The molecule has 0 aliphatic carbocycles. The summed E-state index contributed by atoms with van der Waals surface area (Å²) < 4.78 is 31.2. The monoisotopic (exact) mass is 217 g/mol. The highest BCUT2D eigenvalue weighted by Crippen LogP contribution is 2.27. The van der Waals surface area contributed by atoms with E-state index < -0.39 is 17.7 Å². The summed E-state index contributed by atoms with van der Waals surface area (Å²) in [4.78, 5) is 0. The summed E-state index contributed by atoms with van der Waals surface area (Å²) in [6.45, 7) is 0.203. The third kappa shape index (κ3) is 2.43. The Balaban J connectivity index is 3.06. The van der Waals surface area contributed by atoms with Crippen molar-refractivity contribution in [2.24, 2.45) is 5.73 Å². The summed E-state index contributed by atoms with van der Waals surface area (Å²) in [5.74, 6) is -2.36. The van der Waals surface area contributed by atoms with Gasteiger partial charge in [-0.15, -0.1) is 0 Å². The van der Waals surface area contributed by atoms with E-state index in [4.69, 9.17) is 5.73 Å². The molecule has 3 nitrogen and oxygen atoms in total. The van der Waals surface area contributed by atoms with E-state index in [0.717, 1.165) is 0 Å². The van der Waals surface area contributed by atoms with Crippen molar-refractivity contribution >= 4 is 0 Å². The zero-order chi connectivity index (χ0) is 11.4. The van der Waals surface area contributed by atoms with Crippen molar-refractivity contribution in [1.82, 2.24) is 0 Å². The summed E-state index contributed by atoms with van der Waals surface area (Å²) >= 11 is 0. The highest BCUT2D eigenvalue weighted by Gasteiger charge is 2.18. The molecule has 0 bridgehead atoms. The molecule has 15 heavy (non-hydrogen) atoms. The molecule has 1 unspecified atom stereocenters. The molecule has 0 spiro atoms. The maximum atomic E-state index is 13.4. The lowest BCUT2D eigenvalue weighted by molar-refractivity contribution is 0.164. The van der Waals surface area contributed by atoms with Gasteiger partial charge in [0.25, 0.3) is 0 Å². The van der Waals surface area contributed by atoms with Gasteiger partial charge in [0.15, 0.2) is 11.6 Å². The quantitative estimate of drug-likeness (QED) is 0.800. The molecule has 1 aromatic rings. The molecular weight excluding hydrogens is 204 g/mol. The first-order valence-corrected chi connectivity index (χ1v) is 4.51. The zero-order valence-corrected chi connectivity index (χ0v) is 8.34. The van der Waals surface area contributed by atoms with E-state index in [2.05, 4.69) is 4.74 Å². The van der Waals surface area contributed by atoms with Gasteiger partial charge in [-0.05, 0) is 25.1 Å². The minimum absolute atomic E-state index is 0.0984. The van der Waals surface area contributed by atoms with Gasteiger partial charge in [0, 0.05) is 5.56 Å². The van der Waals surface area contributed by atoms with Crippen LogP contribution in [0.3, 0.4) is 0 Å². The van der Waals surface area contributed by atoms with Crippen LogP contribution < -0.4 is 10.5 Å². The van der Waals surface area contributed by atoms with Crippen molar-refractivity contribution in [2.75, 3.05) is 13.7 Å². The SMILES string of the molecule is COc1ccc(C(O)CCN)c(F)c1F. The van der Waals surface area contributed by atoms with Gasteiger partial charge in [-0.3, -0.25) is 0 Å². The van der Waals surface area contributed by atoms with Crippen LogP contribution in [0, 0.1) is 11.6 Å². The molecule has 0 saturated heterocycles.